The number of rotatable bonds is 3. The Morgan fingerprint density at radius 2 is 2.43 bits per heavy atom. The van der Waals surface area contributed by atoms with Gasteiger partial charge in [0, 0.05) is 36.7 Å². The first-order chi connectivity index (χ1) is 11.2. The normalized spacial score (nSPS) is 24.0. The summed E-state index contributed by atoms with van der Waals surface area (Å²) in [7, 11) is 1.92. The maximum atomic E-state index is 12.9. The van der Waals surface area contributed by atoms with Crippen molar-refractivity contribution in [3.63, 3.8) is 0 Å². The lowest BCUT2D eigenvalue weighted by Crippen LogP contribution is -2.32. The molecule has 0 aliphatic carbocycles. The van der Waals surface area contributed by atoms with E-state index in [9.17, 15) is 4.79 Å². The molecule has 0 N–H and O–H groups in total. The number of hydrogen-bond acceptors (Lipinski definition) is 4. The molecule has 5 nitrogen and oxygen atoms in total. The van der Waals surface area contributed by atoms with E-state index in [0.717, 1.165) is 38.0 Å². The molecule has 0 saturated carbocycles. The van der Waals surface area contributed by atoms with Crippen molar-refractivity contribution in [2.75, 3.05) is 13.2 Å². The molecular formula is C17H21N3O2S. The van der Waals surface area contributed by atoms with Crippen molar-refractivity contribution in [1.29, 1.82) is 0 Å². The van der Waals surface area contributed by atoms with E-state index in [0.29, 0.717) is 6.42 Å². The van der Waals surface area contributed by atoms with Gasteiger partial charge in [0.1, 0.15) is 0 Å². The molecule has 2 atom stereocenters. The molecule has 0 radical (unpaired) electrons. The molecule has 1 saturated heterocycles. The number of carbonyl (C=O) groups excluding carboxylic acids is 1. The first-order valence-electron chi connectivity index (χ1n) is 8.18. The fraction of sp³-hybridized carbons (Fsp3) is 0.529. The minimum Gasteiger partial charge on any atom is -0.373 e. The maximum absolute atomic E-state index is 12.9. The van der Waals surface area contributed by atoms with Crippen LogP contribution in [0.25, 0.3) is 0 Å². The zero-order valence-electron chi connectivity index (χ0n) is 13.3. The molecule has 0 aromatic carbocycles. The lowest BCUT2D eigenvalue weighted by atomic mass is 10.0. The lowest BCUT2D eigenvalue weighted by molar-refractivity contribution is -0.135. The number of likely N-dealkylation sites (tertiary alicyclic amines) is 1. The van der Waals surface area contributed by atoms with Gasteiger partial charge in [-0.1, -0.05) is 0 Å². The van der Waals surface area contributed by atoms with E-state index in [1.165, 1.54) is 10.4 Å². The van der Waals surface area contributed by atoms with Crippen molar-refractivity contribution in [2.24, 2.45) is 7.05 Å². The van der Waals surface area contributed by atoms with E-state index in [2.05, 4.69) is 16.5 Å². The Bertz CT molecular complexity index is 708. The van der Waals surface area contributed by atoms with Gasteiger partial charge in [0.05, 0.1) is 31.4 Å². The van der Waals surface area contributed by atoms with Gasteiger partial charge in [-0.2, -0.15) is 5.10 Å². The second kappa shape index (κ2) is 6.09. The van der Waals surface area contributed by atoms with Crippen LogP contribution in [0.5, 0.6) is 0 Å². The fourth-order valence-corrected chi connectivity index (χ4v) is 4.61. The number of ether oxygens (including phenoxy) is 1. The second-order valence-electron chi connectivity index (χ2n) is 6.31. The summed E-state index contributed by atoms with van der Waals surface area (Å²) in [6.07, 6.45) is 7.31. The Balaban J connectivity index is 1.49. The molecule has 2 aromatic rings. The average molecular weight is 331 g/mol. The summed E-state index contributed by atoms with van der Waals surface area (Å²) in [6, 6.07) is 2.28. The van der Waals surface area contributed by atoms with Gasteiger partial charge >= 0.3 is 0 Å². The summed E-state index contributed by atoms with van der Waals surface area (Å²) in [5.74, 6) is 0.195. The quantitative estimate of drug-likeness (QED) is 0.869. The Morgan fingerprint density at radius 3 is 3.26 bits per heavy atom. The van der Waals surface area contributed by atoms with Gasteiger partial charge < -0.3 is 9.64 Å². The average Bonchev–Trinajstić information content (AvgIpc) is 3.26. The molecule has 4 heterocycles. The monoisotopic (exact) mass is 331 g/mol. The van der Waals surface area contributed by atoms with E-state index in [1.54, 1.807) is 16.0 Å². The van der Waals surface area contributed by atoms with Crippen LogP contribution in [0.1, 0.15) is 47.4 Å². The van der Waals surface area contributed by atoms with Crippen molar-refractivity contribution in [1.82, 2.24) is 14.7 Å². The largest absolute Gasteiger partial charge is 0.373 e. The fourth-order valence-electron chi connectivity index (χ4n) is 3.69. The van der Waals surface area contributed by atoms with Crippen LogP contribution in [-0.2, 0) is 23.0 Å². The topological polar surface area (TPSA) is 47.4 Å². The van der Waals surface area contributed by atoms with E-state index in [-0.39, 0.29) is 18.1 Å². The predicted molar refractivity (Wildman–Crippen MR) is 88.2 cm³/mol. The van der Waals surface area contributed by atoms with E-state index >= 15 is 0 Å². The predicted octanol–water partition coefficient (Wildman–Crippen LogP) is 2.85. The highest BCUT2D eigenvalue weighted by molar-refractivity contribution is 7.10. The molecular weight excluding hydrogens is 310 g/mol. The van der Waals surface area contributed by atoms with Crippen molar-refractivity contribution in [3.05, 3.63) is 39.8 Å². The Kier molecular flexibility index (Phi) is 3.95. The molecule has 23 heavy (non-hydrogen) atoms. The molecule has 122 valence electrons. The number of nitrogens with zero attached hydrogens (tertiary/aromatic N) is 3. The number of aryl methyl sites for hydroxylation is 1. The molecule has 0 spiro atoms. The van der Waals surface area contributed by atoms with Crippen LogP contribution in [-0.4, -0.2) is 33.7 Å². The third-order valence-corrected chi connectivity index (χ3v) is 5.81. The smallest absolute Gasteiger partial charge is 0.226 e. The molecule has 2 aliphatic heterocycles. The van der Waals surface area contributed by atoms with Gasteiger partial charge in [0.25, 0.3) is 0 Å². The van der Waals surface area contributed by atoms with Gasteiger partial charge in [-0.3, -0.25) is 9.48 Å². The summed E-state index contributed by atoms with van der Waals surface area (Å²) in [5, 5.41) is 6.35. The van der Waals surface area contributed by atoms with Gasteiger partial charge in [0.15, 0.2) is 0 Å². The van der Waals surface area contributed by atoms with Gasteiger partial charge in [-0.15, -0.1) is 11.3 Å². The minimum absolute atomic E-state index is 0.0763. The van der Waals surface area contributed by atoms with Crippen LogP contribution in [0.15, 0.2) is 23.8 Å². The van der Waals surface area contributed by atoms with E-state index in [1.807, 2.05) is 24.3 Å². The number of amides is 1. The second-order valence-corrected chi connectivity index (χ2v) is 7.31. The molecule has 0 bridgehead atoms. The number of hydrogen-bond donors (Lipinski definition) is 0. The van der Waals surface area contributed by atoms with Crippen LogP contribution in [0, 0.1) is 0 Å². The maximum Gasteiger partial charge on any atom is 0.226 e. The van der Waals surface area contributed by atoms with Crippen molar-refractivity contribution in [2.45, 2.75) is 37.8 Å². The summed E-state index contributed by atoms with van der Waals surface area (Å²) in [4.78, 5) is 16.2. The highest BCUT2D eigenvalue weighted by Gasteiger charge is 2.33. The van der Waals surface area contributed by atoms with Crippen LogP contribution >= 0.6 is 11.3 Å². The third kappa shape index (κ3) is 2.81. The minimum atomic E-state index is -0.0763. The van der Waals surface area contributed by atoms with E-state index in [4.69, 9.17) is 4.74 Å². The molecule has 6 heteroatoms. The molecule has 2 aromatic heterocycles. The SMILES string of the molecule is Cn1cc(C2CCCN2C(=O)CC2OCCc3sccc32)cn1. The first-order valence-corrected chi connectivity index (χ1v) is 9.06. The lowest BCUT2D eigenvalue weighted by Gasteiger charge is -2.28. The van der Waals surface area contributed by atoms with E-state index < -0.39 is 0 Å². The summed E-state index contributed by atoms with van der Waals surface area (Å²) < 4.78 is 7.68. The Hall–Kier alpha value is -1.66. The summed E-state index contributed by atoms with van der Waals surface area (Å²) in [6.45, 7) is 1.55. The van der Waals surface area contributed by atoms with Crippen LogP contribution in [0.2, 0.25) is 0 Å². The zero-order chi connectivity index (χ0) is 15.8. The standard InChI is InChI=1S/C17H21N3O2S/c1-19-11-12(10-18-19)14-3-2-6-20(14)17(21)9-15-13-5-8-23-16(13)4-7-22-15/h5,8,10-11,14-15H,2-4,6-7,9H2,1H3. The van der Waals surface area contributed by atoms with Gasteiger partial charge in [-0.25, -0.2) is 0 Å². The number of thiophene rings is 1. The van der Waals surface area contributed by atoms with Gasteiger partial charge in [0.2, 0.25) is 5.91 Å². The Labute approximate surface area is 139 Å². The highest BCUT2D eigenvalue weighted by atomic mass is 32.1. The molecule has 2 aliphatic rings. The summed E-state index contributed by atoms with van der Waals surface area (Å²) in [5.41, 5.74) is 2.35. The molecule has 1 amide bonds. The van der Waals surface area contributed by atoms with Crippen molar-refractivity contribution < 1.29 is 9.53 Å². The zero-order valence-corrected chi connectivity index (χ0v) is 14.1. The van der Waals surface area contributed by atoms with Crippen molar-refractivity contribution in [3.8, 4) is 0 Å². The molecule has 4 rings (SSSR count). The Morgan fingerprint density at radius 1 is 1.52 bits per heavy atom. The van der Waals surface area contributed by atoms with Gasteiger partial charge in [-0.05, 0) is 29.9 Å². The third-order valence-electron chi connectivity index (χ3n) is 4.82. The number of carbonyl (C=O) groups is 1. The highest BCUT2D eigenvalue weighted by Crippen LogP contribution is 2.36. The van der Waals surface area contributed by atoms with Crippen LogP contribution in [0.4, 0.5) is 0 Å². The molecule has 1 fully saturated rings. The first kappa shape index (κ1) is 14.9. The summed E-state index contributed by atoms with van der Waals surface area (Å²) >= 11 is 1.77. The van der Waals surface area contributed by atoms with Crippen molar-refractivity contribution >= 4 is 17.2 Å². The van der Waals surface area contributed by atoms with Crippen LogP contribution < -0.4 is 0 Å². The number of fused-ring (bicyclic) bond motifs is 1. The van der Waals surface area contributed by atoms with Crippen LogP contribution in [0.3, 0.4) is 0 Å². The number of aromatic nitrogens is 2. The molecule has 2 unspecified atom stereocenters.